The summed E-state index contributed by atoms with van der Waals surface area (Å²) in [4.78, 5) is 0. The molecule has 1 aromatic heterocycles. The van der Waals surface area contributed by atoms with E-state index in [-0.39, 0.29) is 0 Å². The van der Waals surface area contributed by atoms with Crippen molar-refractivity contribution < 1.29 is 0 Å². The van der Waals surface area contributed by atoms with Gasteiger partial charge in [-0.1, -0.05) is 26.3 Å². The molecule has 0 radical (unpaired) electrons. The Morgan fingerprint density at radius 2 is 2.06 bits per heavy atom. The van der Waals surface area contributed by atoms with Gasteiger partial charge in [-0.25, -0.2) is 0 Å². The fourth-order valence-electron chi connectivity index (χ4n) is 2.05. The van der Waals surface area contributed by atoms with Crippen LogP contribution >= 0.6 is 0 Å². The molecule has 18 heavy (non-hydrogen) atoms. The largest absolute Gasteiger partial charge is 0.399 e. The average molecular weight is 243 g/mol. The first-order valence-electron chi connectivity index (χ1n) is 6.65. The topological polar surface area (TPSA) is 43.8 Å². The number of hydrogen-bond acceptors (Lipinski definition) is 2. The molecule has 2 aromatic rings. The first kappa shape index (κ1) is 12.7. The highest BCUT2D eigenvalue weighted by atomic mass is 15.3. The number of anilines is 1. The molecule has 0 aliphatic heterocycles. The molecular formula is C15H21N3. The van der Waals surface area contributed by atoms with Crippen LogP contribution in [0.25, 0.3) is 11.1 Å². The van der Waals surface area contributed by atoms with Crippen LogP contribution in [0.4, 0.5) is 5.69 Å². The number of unbranched alkanes of at least 4 members (excludes halogenated alkanes) is 1. The smallest absolute Gasteiger partial charge is 0.0568 e. The molecule has 0 atom stereocenters. The van der Waals surface area contributed by atoms with E-state index in [1.54, 1.807) is 0 Å². The first-order valence-corrected chi connectivity index (χ1v) is 6.65. The fraction of sp³-hybridized carbons (Fsp3) is 0.400. The Labute approximate surface area is 109 Å². The molecule has 0 unspecified atom stereocenters. The summed E-state index contributed by atoms with van der Waals surface area (Å²) in [6, 6.07) is 6.21. The molecule has 0 bridgehead atoms. The lowest BCUT2D eigenvalue weighted by molar-refractivity contribution is 0.572. The lowest BCUT2D eigenvalue weighted by Crippen LogP contribution is -1.96. The third-order valence-electron chi connectivity index (χ3n) is 3.23. The summed E-state index contributed by atoms with van der Waals surface area (Å²) in [5.41, 5.74) is 10.4. The molecule has 2 rings (SSSR count). The van der Waals surface area contributed by atoms with E-state index in [0.717, 1.165) is 18.7 Å². The van der Waals surface area contributed by atoms with Crippen LogP contribution in [-0.4, -0.2) is 9.78 Å². The number of nitrogens with two attached hydrogens (primary N) is 1. The Kier molecular flexibility index (Phi) is 4.03. The van der Waals surface area contributed by atoms with Crippen LogP contribution in [-0.2, 0) is 13.0 Å². The van der Waals surface area contributed by atoms with Crippen molar-refractivity contribution in [2.24, 2.45) is 0 Å². The Hall–Kier alpha value is -1.77. The number of nitrogens with zero attached hydrogens (tertiary/aromatic N) is 2. The number of aromatic nitrogens is 2. The van der Waals surface area contributed by atoms with E-state index in [4.69, 9.17) is 5.73 Å². The summed E-state index contributed by atoms with van der Waals surface area (Å²) in [7, 11) is 0. The maximum atomic E-state index is 5.93. The van der Waals surface area contributed by atoms with Gasteiger partial charge in [-0.05, 0) is 36.1 Å². The number of rotatable bonds is 5. The number of hydrogen-bond donors (Lipinski definition) is 1. The Bertz CT molecular complexity index is 514. The molecule has 2 N–H and O–H groups in total. The molecule has 0 fully saturated rings. The highest BCUT2D eigenvalue weighted by molar-refractivity contribution is 5.66. The monoisotopic (exact) mass is 243 g/mol. The van der Waals surface area contributed by atoms with Crippen molar-refractivity contribution in [3.8, 4) is 11.1 Å². The lowest BCUT2D eigenvalue weighted by atomic mass is 10.0. The molecule has 0 aliphatic rings. The average Bonchev–Trinajstić information content (AvgIpc) is 2.85. The minimum atomic E-state index is 0.875. The van der Waals surface area contributed by atoms with Gasteiger partial charge in [-0.2, -0.15) is 5.10 Å². The second-order valence-electron chi connectivity index (χ2n) is 4.61. The minimum Gasteiger partial charge on any atom is -0.399 e. The summed E-state index contributed by atoms with van der Waals surface area (Å²) in [6.07, 6.45) is 7.37. The molecule has 0 saturated carbocycles. The maximum absolute atomic E-state index is 5.93. The van der Waals surface area contributed by atoms with Crippen molar-refractivity contribution in [2.45, 2.75) is 39.7 Å². The van der Waals surface area contributed by atoms with Gasteiger partial charge in [-0.15, -0.1) is 0 Å². The van der Waals surface area contributed by atoms with Crippen LogP contribution < -0.4 is 5.73 Å². The Balaban J connectivity index is 2.23. The van der Waals surface area contributed by atoms with Gasteiger partial charge in [0.1, 0.15) is 0 Å². The highest BCUT2D eigenvalue weighted by Crippen LogP contribution is 2.23. The van der Waals surface area contributed by atoms with E-state index in [1.165, 1.54) is 29.5 Å². The van der Waals surface area contributed by atoms with Crippen LogP contribution in [0.5, 0.6) is 0 Å². The molecule has 3 nitrogen and oxygen atoms in total. The molecule has 0 saturated heterocycles. The lowest BCUT2D eigenvalue weighted by Gasteiger charge is -2.05. The minimum absolute atomic E-state index is 0.875. The van der Waals surface area contributed by atoms with E-state index in [0.29, 0.717) is 0 Å². The quantitative estimate of drug-likeness (QED) is 0.817. The van der Waals surface area contributed by atoms with E-state index in [9.17, 15) is 0 Å². The van der Waals surface area contributed by atoms with E-state index < -0.39 is 0 Å². The molecule has 0 aliphatic carbocycles. The number of aryl methyl sites for hydroxylation is 2. The molecular weight excluding hydrogens is 222 g/mol. The van der Waals surface area contributed by atoms with Gasteiger partial charge in [0.25, 0.3) is 0 Å². The van der Waals surface area contributed by atoms with Crippen molar-refractivity contribution in [3.63, 3.8) is 0 Å². The van der Waals surface area contributed by atoms with Crippen molar-refractivity contribution in [2.75, 3.05) is 5.73 Å². The molecule has 3 heteroatoms. The predicted octanol–water partition coefficient (Wildman–Crippen LogP) is 3.49. The van der Waals surface area contributed by atoms with Gasteiger partial charge in [0.15, 0.2) is 0 Å². The predicted molar refractivity (Wildman–Crippen MR) is 76.4 cm³/mol. The normalized spacial score (nSPS) is 10.8. The maximum Gasteiger partial charge on any atom is 0.0568 e. The summed E-state index contributed by atoms with van der Waals surface area (Å²) >= 11 is 0. The van der Waals surface area contributed by atoms with Crippen LogP contribution in [0.15, 0.2) is 30.6 Å². The second-order valence-corrected chi connectivity index (χ2v) is 4.61. The van der Waals surface area contributed by atoms with E-state index in [1.807, 2.05) is 16.9 Å². The van der Waals surface area contributed by atoms with Crippen LogP contribution in [0.3, 0.4) is 0 Å². The van der Waals surface area contributed by atoms with Gasteiger partial charge >= 0.3 is 0 Å². The summed E-state index contributed by atoms with van der Waals surface area (Å²) < 4.78 is 2.01. The number of nitrogen functional groups attached to an aromatic ring is 1. The van der Waals surface area contributed by atoms with E-state index >= 15 is 0 Å². The summed E-state index contributed by atoms with van der Waals surface area (Å²) in [5.74, 6) is 0. The standard InChI is InChI=1S/C15H21N3/c1-3-5-8-18-11-14(10-17-18)13-6-7-15(16)12(4-2)9-13/h6-7,9-11H,3-5,8,16H2,1-2H3. The van der Waals surface area contributed by atoms with Gasteiger partial charge in [0.05, 0.1) is 6.20 Å². The number of benzene rings is 1. The van der Waals surface area contributed by atoms with Crippen LogP contribution in [0.2, 0.25) is 0 Å². The van der Waals surface area contributed by atoms with Crippen molar-refractivity contribution in [1.82, 2.24) is 9.78 Å². The summed E-state index contributed by atoms with van der Waals surface area (Å²) in [5, 5.41) is 4.39. The molecule has 0 spiro atoms. The highest BCUT2D eigenvalue weighted by Gasteiger charge is 2.04. The van der Waals surface area contributed by atoms with Crippen molar-refractivity contribution in [3.05, 3.63) is 36.2 Å². The zero-order valence-corrected chi connectivity index (χ0v) is 11.2. The summed E-state index contributed by atoms with van der Waals surface area (Å²) in [6.45, 7) is 5.31. The van der Waals surface area contributed by atoms with Crippen LogP contribution in [0.1, 0.15) is 32.3 Å². The first-order chi connectivity index (χ1) is 8.74. The van der Waals surface area contributed by atoms with Crippen molar-refractivity contribution >= 4 is 5.69 Å². The molecule has 96 valence electrons. The van der Waals surface area contributed by atoms with Crippen molar-refractivity contribution in [1.29, 1.82) is 0 Å². The zero-order chi connectivity index (χ0) is 13.0. The molecule has 1 heterocycles. The molecule has 1 aromatic carbocycles. The fourth-order valence-corrected chi connectivity index (χ4v) is 2.05. The molecule has 0 amide bonds. The third-order valence-corrected chi connectivity index (χ3v) is 3.23. The van der Waals surface area contributed by atoms with Crippen LogP contribution in [0, 0.1) is 0 Å². The van der Waals surface area contributed by atoms with E-state index in [2.05, 4.69) is 37.3 Å². The van der Waals surface area contributed by atoms with Gasteiger partial charge in [-0.3, -0.25) is 4.68 Å². The SMILES string of the molecule is CCCCn1cc(-c2ccc(N)c(CC)c2)cn1. The van der Waals surface area contributed by atoms with Gasteiger partial charge in [0.2, 0.25) is 0 Å². The Morgan fingerprint density at radius 3 is 2.78 bits per heavy atom. The second kappa shape index (κ2) is 5.71. The third kappa shape index (κ3) is 2.73. The van der Waals surface area contributed by atoms with Gasteiger partial charge < -0.3 is 5.73 Å². The van der Waals surface area contributed by atoms with Gasteiger partial charge in [0, 0.05) is 24.0 Å². The Morgan fingerprint density at radius 1 is 1.22 bits per heavy atom. The zero-order valence-electron chi connectivity index (χ0n) is 11.2.